The SMILES string of the molecule is COC(=O)[C@@H](Cc1cccc(Cl)c1)NC(=O)[C@H](CO)NC(=O)OCc1ccccc1. The Kier molecular flexibility index (Phi) is 9.11. The summed E-state index contributed by atoms with van der Waals surface area (Å²) in [7, 11) is 1.20. The maximum Gasteiger partial charge on any atom is 0.408 e. The number of alkyl carbamates (subject to hydrolysis) is 1. The number of benzene rings is 2. The number of aliphatic hydroxyl groups excluding tert-OH is 1. The molecule has 2 rings (SSSR count). The Bertz CT molecular complexity index is 862. The first kappa shape index (κ1) is 23.2. The van der Waals surface area contributed by atoms with Crippen LogP contribution in [0.3, 0.4) is 0 Å². The van der Waals surface area contributed by atoms with Crippen LogP contribution >= 0.6 is 11.6 Å². The Morgan fingerprint density at radius 3 is 2.33 bits per heavy atom. The molecule has 2 aromatic carbocycles. The van der Waals surface area contributed by atoms with Gasteiger partial charge in [-0.3, -0.25) is 4.79 Å². The molecule has 8 nitrogen and oxygen atoms in total. The van der Waals surface area contributed by atoms with Gasteiger partial charge < -0.3 is 25.2 Å². The molecule has 2 aromatic rings. The number of esters is 1. The Labute approximate surface area is 179 Å². The van der Waals surface area contributed by atoms with Gasteiger partial charge in [-0.2, -0.15) is 0 Å². The summed E-state index contributed by atoms with van der Waals surface area (Å²) in [6.45, 7) is -0.677. The second-order valence-corrected chi connectivity index (χ2v) is 6.80. The normalized spacial score (nSPS) is 12.4. The van der Waals surface area contributed by atoms with E-state index >= 15 is 0 Å². The Balaban J connectivity index is 1.95. The fourth-order valence-electron chi connectivity index (χ4n) is 2.61. The molecular formula is C21H23ClN2O6. The van der Waals surface area contributed by atoms with Crippen LogP contribution in [0, 0.1) is 0 Å². The van der Waals surface area contributed by atoms with E-state index < -0.39 is 36.7 Å². The summed E-state index contributed by atoms with van der Waals surface area (Å²) in [4.78, 5) is 36.5. The molecule has 0 radical (unpaired) electrons. The van der Waals surface area contributed by atoms with Crippen LogP contribution in [0.5, 0.6) is 0 Å². The summed E-state index contributed by atoms with van der Waals surface area (Å²) in [5.74, 6) is -1.43. The molecule has 9 heteroatoms. The van der Waals surface area contributed by atoms with Crippen LogP contribution in [0.4, 0.5) is 4.79 Å². The van der Waals surface area contributed by atoms with Gasteiger partial charge in [-0.05, 0) is 23.3 Å². The lowest BCUT2D eigenvalue weighted by atomic mass is 10.1. The molecule has 3 N–H and O–H groups in total. The van der Waals surface area contributed by atoms with Crippen molar-refractivity contribution in [3.8, 4) is 0 Å². The largest absolute Gasteiger partial charge is 0.467 e. The predicted molar refractivity (Wildman–Crippen MR) is 110 cm³/mol. The number of ether oxygens (including phenoxy) is 2. The summed E-state index contributed by atoms with van der Waals surface area (Å²) < 4.78 is 9.78. The zero-order valence-electron chi connectivity index (χ0n) is 16.3. The van der Waals surface area contributed by atoms with E-state index in [1.54, 1.807) is 48.5 Å². The summed E-state index contributed by atoms with van der Waals surface area (Å²) >= 11 is 5.95. The molecule has 2 amide bonds. The van der Waals surface area contributed by atoms with Crippen LogP contribution < -0.4 is 10.6 Å². The summed E-state index contributed by atoms with van der Waals surface area (Å²) in [5, 5.41) is 14.7. The molecule has 0 aliphatic heterocycles. The maximum atomic E-state index is 12.5. The van der Waals surface area contributed by atoms with E-state index in [-0.39, 0.29) is 13.0 Å². The number of hydrogen-bond acceptors (Lipinski definition) is 6. The van der Waals surface area contributed by atoms with E-state index in [0.717, 1.165) is 5.56 Å². The molecule has 0 saturated heterocycles. The van der Waals surface area contributed by atoms with E-state index in [2.05, 4.69) is 10.6 Å². The Morgan fingerprint density at radius 1 is 1.00 bits per heavy atom. The van der Waals surface area contributed by atoms with Crippen molar-refractivity contribution in [3.05, 3.63) is 70.7 Å². The van der Waals surface area contributed by atoms with E-state index in [1.165, 1.54) is 7.11 Å². The van der Waals surface area contributed by atoms with E-state index in [0.29, 0.717) is 10.6 Å². The molecule has 0 bridgehead atoms. The monoisotopic (exact) mass is 434 g/mol. The fourth-order valence-corrected chi connectivity index (χ4v) is 2.82. The van der Waals surface area contributed by atoms with Crippen molar-refractivity contribution in [1.29, 1.82) is 0 Å². The van der Waals surface area contributed by atoms with Crippen LogP contribution in [0.1, 0.15) is 11.1 Å². The molecule has 0 unspecified atom stereocenters. The van der Waals surface area contributed by atoms with Crippen molar-refractivity contribution < 1.29 is 29.0 Å². The smallest absolute Gasteiger partial charge is 0.408 e. The average Bonchev–Trinajstić information content (AvgIpc) is 2.75. The Hall–Kier alpha value is -3.10. The molecule has 2 atom stereocenters. The number of methoxy groups -OCH3 is 1. The van der Waals surface area contributed by atoms with Gasteiger partial charge in [-0.1, -0.05) is 54.1 Å². The highest BCUT2D eigenvalue weighted by Crippen LogP contribution is 2.13. The third kappa shape index (κ3) is 7.38. The molecule has 0 heterocycles. The second-order valence-electron chi connectivity index (χ2n) is 6.36. The standard InChI is InChI=1S/C21H23ClN2O6/c1-29-20(27)17(11-15-8-5-9-16(22)10-15)23-19(26)18(12-25)24-21(28)30-13-14-6-3-2-4-7-14/h2-10,17-18,25H,11-13H2,1H3,(H,23,26)(H,24,28)/t17-,18+/m1/s1. The highest BCUT2D eigenvalue weighted by atomic mass is 35.5. The van der Waals surface area contributed by atoms with Crippen LogP contribution in [-0.2, 0) is 32.1 Å². The van der Waals surface area contributed by atoms with Crippen LogP contribution in [0.15, 0.2) is 54.6 Å². The first-order valence-corrected chi connectivity index (χ1v) is 9.51. The topological polar surface area (TPSA) is 114 Å². The van der Waals surface area contributed by atoms with Gasteiger partial charge in [0.05, 0.1) is 13.7 Å². The van der Waals surface area contributed by atoms with Crippen molar-refractivity contribution in [1.82, 2.24) is 10.6 Å². The molecule has 0 aromatic heterocycles. The van der Waals surface area contributed by atoms with Crippen molar-refractivity contribution in [2.75, 3.05) is 13.7 Å². The van der Waals surface area contributed by atoms with Gasteiger partial charge in [-0.15, -0.1) is 0 Å². The number of aliphatic hydroxyl groups is 1. The second kappa shape index (κ2) is 11.8. The van der Waals surface area contributed by atoms with Gasteiger partial charge in [0.25, 0.3) is 0 Å². The molecule has 0 fully saturated rings. The summed E-state index contributed by atoms with van der Waals surface area (Å²) in [6, 6.07) is 13.5. The molecule has 0 aliphatic rings. The lowest BCUT2D eigenvalue weighted by Gasteiger charge is -2.21. The predicted octanol–water partition coefficient (Wildman–Crippen LogP) is 1.83. The lowest BCUT2D eigenvalue weighted by Crippen LogP contribution is -2.54. The Morgan fingerprint density at radius 2 is 1.70 bits per heavy atom. The number of nitrogens with one attached hydrogen (secondary N) is 2. The van der Waals surface area contributed by atoms with Crippen molar-refractivity contribution in [3.63, 3.8) is 0 Å². The quantitative estimate of drug-likeness (QED) is 0.519. The first-order valence-electron chi connectivity index (χ1n) is 9.13. The average molecular weight is 435 g/mol. The maximum absolute atomic E-state index is 12.5. The lowest BCUT2D eigenvalue weighted by molar-refractivity contribution is -0.145. The number of hydrogen-bond donors (Lipinski definition) is 3. The molecule has 0 aliphatic carbocycles. The zero-order valence-corrected chi connectivity index (χ0v) is 17.1. The minimum absolute atomic E-state index is 0.00595. The van der Waals surface area contributed by atoms with Crippen LogP contribution in [-0.4, -0.2) is 48.9 Å². The number of amides is 2. The van der Waals surface area contributed by atoms with E-state index in [1.807, 2.05) is 6.07 Å². The molecule has 30 heavy (non-hydrogen) atoms. The summed E-state index contributed by atoms with van der Waals surface area (Å²) in [5.41, 5.74) is 1.47. The highest BCUT2D eigenvalue weighted by molar-refractivity contribution is 6.30. The molecule has 160 valence electrons. The highest BCUT2D eigenvalue weighted by Gasteiger charge is 2.27. The molecular weight excluding hydrogens is 412 g/mol. The van der Waals surface area contributed by atoms with Gasteiger partial charge in [-0.25, -0.2) is 9.59 Å². The minimum Gasteiger partial charge on any atom is -0.467 e. The van der Waals surface area contributed by atoms with Crippen molar-refractivity contribution in [2.24, 2.45) is 0 Å². The number of rotatable bonds is 9. The van der Waals surface area contributed by atoms with Gasteiger partial charge in [0.15, 0.2) is 0 Å². The minimum atomic E-state index is -1.31. The molecule has 0 saturated carbocycles. The van der Waals surface area contributed by atoms with E-state index in [9.17, 15) is 19.5 Å². The van der Waals surface area contributed by atoms with Crippen molar-refractivity contribution >= 4 is 29.6 Å². The van der Waals surface area contributed by atoms with Crippen LogP contribution in [0.2, 0.25) is 5.02 Å². The van der Waals surface area contributed by atoms with Gasteiger partial charge >= 0.3 is 12.1 Å². The third-order valence-electron chi connectivity index (χ3n) is 4.13. The fraction of sp³-hybridized carbons (Fsp3) is 0.286. The first-order chi connectivity index (χ1) is 14.4. The van der Waals surface area contributed by atoms with E-state index in [4.69, 9.17) is 21.1 Å². The van der Waals surface area contributed by atoms with Crippen molar-refractivity contribution in [2.45, 2.75) is 25.1 Å². The molecule has 0 spiro atoms. The van der Waals surface area contributed by atoms with Crippen LogP contribution in [0.25, 0.3) is 0 Å². The zero-order chi connectivity index (χ0) is 21.9. The number of carbonyl (C=O) groups excluding carboxylic acids is 3. The van der Waals surface area contributed by atoms with Gasteiger partial charge in [0.1, 0.15) is 18.7 Å². The summed E-state index contributed by atoms with van der Waals surface area (Å²) in [6.07, 6.45) is -0.757. The van der Waals surface area contributed by atoms with Gasteiger partial charge in [0.2, 0.25) is 5.91 Å². The van der Waals surface area contributed by atoms with Gasteiger partial charge in [0, 0.05) is 11.4 Å². The number of carbonyl (C=O) groups is 3. The number of halogens is 1. The third-order valence-corrected chi connectivity index (χ3v) is 4.37.